The van der Waals surface area contributed by atoms with E-state index in [1.165, 1.54) is 5.56 Å². The SMILES string of the molecule is O=C(Nc1cc(C(F)(F)F)ccc1Cl)[C@@H](N[C@H]1CCCc2ccccc21)c1ccccc1. The van der Waals surface area contributed by atoms with Gasteiger partial charge in [0.15, 0.2) is 0 Å². The number of nitrogens with one attached hydrogen (secondary N) is 2. The van der Waals surface area contributed by atoms with E-state index in [0.717, 1.165) is 48.6 Å². The number of aryl methyl sites for hydroxylation is 1. The van der Waals surface area contributed by atoms with Crippen LogP contribution in [0.5, 0.6) is 0 Å². The van der Waals surface area contributed by atoms with Gasteiger partial charge in [-0.25, -0.2) is 0 Å². The minimum atomic E-state index is -4.53. The van der Waals surface area contributed by atoms with Crippen LogP contribution in [0.25, 0.3) is 0 Å². The number of amides is 1. The van der Waals surface area contributed by atoms with Crippen molar-refractivity contribution in [1.82, 2.24) is 5.32 Å². The van der Waals surface area contributed by atoms with E-state index in [0.29, 0.717) is 0 Å². The first kappa shape index (κ1) is 22.4. The molecular formula is C25H22ClF3N2O. The van der Waals surface area contributed by atoms with Crippen molar-refractivity contribution in [3.05, 3.63) is 100 Å². The number of hydrogen-bond acceptors (Lipinski definition) is 2. The molecule has 32 heavy (non-hydrogen) atoms. The molecule has 1 aliphatic rings. The molecule has 2 atom stereocenters. The van der Waals surface area contributed by atoms with Crippen LogP contribution >= 0.6 is 11.6 Å². The smallest absolute Gasteiger partial charge is 0.323 e. The molecule has 7 heteroatoms. The van der Waals surface area contributed by atoms with Crippen LogP contribution in [0.3, 0.4) is 0 Å². The van der Waals surface area contributed by atoms with Gasteiger partial charge in [0, 0.05) is 6.04 Å². The molecule has 0 spiro atoms. The zero-order chi connectivity index (χ0) is 22.7. The van der Waals surface area contributed by atoms with E-state index >= 15 is 0 Å². The molecular weight excluding hydrogens is 437 g/mol. The van der Waals surface area contributed by atoms with Gasteiger partial charge in [-0.1, -0.05) is 66.2 Å². The number of alkyl halides is 3. The molecule has 2 N–H and O–H groups in total. The van der Waals surface area contributed by atoms with Gasteiger partial charge in [0.05, 0.1) is 16.3 Å². The van der Waals surface area contributed by atoms with Crippen molar-refractivity contribution in [2.24, 2.45) is 0 Å². The summed E-state index contributed by atoms with van der Waals surface area (Å²) < 4.78 is 39.4. The Kier molecular flexibility index (Phi) is 6.53. The van der Waals surface area contributed by atoms with Crippen molar-refractivity contribution in [3.8, 4) is 0 Å². The van der Waals surface area contributed by atoms with Crippen LogP contribution in [0.15, 0.2) is 72.8 Å². The predicted octanol–water partition coefficient (Wildman–Crippen LogP) is 6.71. The average Bonchev–Trinajstić information content (AvgIpc) is 2.78. The second kappa shape index (κ2) is 9.35. The number of hydrogen-bond donors (Lipinski definition) is 2. The molecule has 0 bridgehead atoms. The summed E-state index contributed by atoms with van der Waals surface area (Å²) in [6.45, 7) is 0. The predicted molar refractivity (Wildman–Crippen MR) is 120 cm³/mol. The largest absolute Gasteiger partial charge is 0.416 e. The van der Waals surface area contributed by atoms with Gasteiger partial charge in [-0.15, -0.1) is 0 Å². The first-order valence-electron chi connectivity index (χ1n) is 10.4. The highest BCUT2D eigenvalue weighted by molar-refractivity contribution is 6.33. The molecule has 0 radical (unpaired) electrons. The zero-order valence-corrected chi connectivity index (χ0v) is 17.9. The topological polar surface area (TPSA) is 41.1 Å². The van der Waals surface area contributed by atoms with Gasteiger partial charge < -0.3 is 5.32 Å². The van der Waals surface area contributed by atoms with Crippen LogP contribution in [0.2, 0.25) is 5.02 Å². The lowest BCUT2D eigenvalue weighted by Gasteiger charge is -2.30. The second-order valence-electron chi connectivity index (χ2n) is 7.84. The Morgan fingerprint density at radius 3 is 2.47 bits per heavy atom. The van der Waals surface area contributed by atoms with E-state index in [-0.39, 0.29) is 16.8 Å². The normalized spacial score (nSPS) is 16.8. The fraction of sp³-hybridized carbons (Fsp3) is 0.240. The molecule has 0 saturated heterocycles. The maximum atomic E-state index is 13.3. The molecule has 0 unspecified atom stereocenters. The van der Waals surface area contributed by atoms with Gasteiger partial charge >= 0.3 is 6.18 Å². The minimum Gasteiger partial charge on any atom is -0.323 e. The highest BCUT2D eigenvalue weighted by Gasteiger charge is 2.32. The van der Waals surface area contributed by atoms with Crippen LogP contribution in [-0.2, 0) is 17.4 Å². The Labute approximate surface area is 189 Å². The lowest BCUT2D eigenvalue weighted by Crippen LogP contribution is -2.37. The summed E-state index contributed by atoms with van der Waals surface area (Å²) in [5.41, 5.74) is 2.16. The Balaban J connectivity index is 1.63. The second-order valence-corrected chi connectivity index (χ2v) is 8.24. The van der Waals surface area contributed by atoms with Crippen LogP contribution in [0.4, 0.5) is 18.9 Å². The van der Waals surface area contributed by atoms with Crippen molar-refractivity contribution in [2.75, 3.05) is 5.32 Å². The summed E-state index contributed by atoms with van der Waals surface area (Å²) in [4.78, 5) is 13.3. The summed E-state index contributed by atoms with van der Waals surface area (Å²) in [6.07, 6.45) is -1.71. The summed E-state index contributed by atoms with van der Waals surface area (Å²) in [6, 6.07) is 19.3. The molecule has 1 amide bonds. The summed E-state index contributed by atoms with van der Waals surface area (Å²) >= 11 is 6.10. The molecule has 0 heterocycles. The summed E-state index contributed by atoms with van der Waals surface area (Å²) in [5.74, 6) is -0.472. The first-order valence-corrected chi connectivity index (χ1v) is 10.8. The monoisotopic (exact) mass is 458 g/mol. The van der Waals surface area contributed by atoms with Crippen LogP contribution in [0, 0.1) is 0 Å². The molecule has 3 aromatic rings. The average molecular weight is 459 g/mol. The van der Waals surface area contributed by atoms with E-state index in [2.05, 4.69) is 22.8 Å². The van der Waals surface area contributed by atoms with Gasteiger partial charge in [0.25, 0.3) is 0 Å². The maximum absolute atomic E-state index is 13.3. The molecule has 0 aromatic heterocycles. The molecule has 0 saturated carbocycles. The fourth-order valence-electron chi connectivity index (χ4n) is 4.10. The molecule has 4 rings (SSSR count). The number of rotatable bonds is 5. The van der Waals surface area contributed by atoms with E-state index in [1.807, 2.05) is 42.5 Å². The Hall–Kier alpha value is -2.83. The third-order valence-electron chi connectivity index (χ3n) is 5.68. The number of benzene rings is 3. The van der Waals surface area contributed by atoms with E-state index in [1.54, 1.807) is 0 Å². The molecule has 0 fully saturated rings. The van der Waals surface area contributed by atoms with Crippen molar-refractivity contribution in [1.29, 1.82) is 0 Å². The van der Waals surface area contributed by atoms with E-state index < -0.39 is 23.7 Å². The van der Waals surface area contributed by atoms with Crippen molar-refractivity contribution < 1.29 is 18.0 Å². The standard InChI is InChI=1S/C25H22ClF3N2O/c26-20-14-13-18(25(27,28)29)15-22(20)31-24(32)23(17-8-2-1-3-9-17)30-21-12-6-10-16-7-4-5-11-19(16)21/h1-5,7-9,11,13-15,21,23,30H,6,10,12H2,(H,31,32)/t21-,23-/m0/s1. The fourth-order valence-corrected chi connectivity index (χ4v) is 4.26. The number of fused-ring (bicyclic) bond motifs is 1. The van der Waals surface area contributed by atoms with Crippen LogP contribution < -0.4 is 10.6 Å². The van der Waals surface area contributed by atoms with Gasteiger partial charge in [-0.05, 0) is 54.2 Å². The lowest BCUT2D eigenvalue weighted by atomic mass is 9.87. The molecule has 0 aliphatic heterocycles. The Morgan fingerprint density at radius 1 is 1.00 bits per heavy atom. The number of anilines is 1. The molecule has 3 nitrogen and oxygen atoms in total. The van der Waals surface area contributed by atoms with Crippen molar-refractivity contribution in [2.45, 2.75) is 37.5 Å². The number of carbonyl (C=O) groups excluding carboxylic acids is 1. The first-order chi connectivity index (χ1) is 15.3. The van der Waals surface area contributed by atoms with E-state index in [4.69, 9.17) is 11.6 Å². The Bertz CT molecular complexity index is 1100. The van der Waals surface area contributed by atoms with Crippen molar-refractivity contribution >= 4 is 23.2 Å². The third kappa shape index (κ3) is 4.97. The summed E-state index contributed by atoms with van der Waals surface area (Å²) in [7, 11) is 0. The number of carbonyl (C=O) groups is 1. The van der Waals surface area contributed by atoms with Crippen LogP contribution in [0.1, 0.15) is 47.2 Å². The summed E-state index contributed by atoms with van der Waals surface area (Å²) in [5, 5.41) is 6.08. The van der Waals surface area contributed by atoms with E-state index in [9.17, 15) is 18.0 Å². The van der Waals surface area contributed by atoms with Gasteiger partial charge in [0.1, 0.15) is 6.04 Å². The Morgan fingerprint density at radius 2 is 1.72 bits per heavy atom. The molecule has 3 aromatic carbocycles. The highest BCUT2D eigenvalue weighted by atomic mass is 35.5. The number of halogens is 4. The van der Waals surface area contributed by atoms with Gasteiger partial charge in [-0.3, -0.25) is 10.1 Å². The minimum absolute atomic E-state index is 0.0428. The zero-order valence-electron chi connectivity index (χ0n) is 17.1. The lowest BCUT2D eigenvalue weighted by molar-refractivity contribution is -0.137. The van der Waals surface area contributed by atoms with Gasteiger partial charge in [0.2, 0.25) is 5.91 Å². The van der Waals surface area contributed by atoms with Crippen molar-refractivity contribution in [3.63, 3.8) is 0 Å². The third-order valence-corrected chi connectivity index (χ3v) is 6.01. The van der Waals surface area contributed by atoms with Crippen LogP contribution in [-0.4, -0.2) is 5.91 Å². The molecule has 1 aliphatic carbocycles. The maximum Gasteiger partial charge on any atom is 0.416 e. The quantitative estimate of drug-likeness (QED) is 0.446. The highest BCUT2D eigenvalue weighted by Crippen LogP contribution is 2.35. The van der Waals surface area contributed by atoms with Gasteiger partial charge in [-0.2, -0.15) is 13.2 Å². The molecule has 166 valence electrons.